The molecule has 0 radical (unpaired) electrons. The zero-order valence-corrected chi connectivity index (χ0v) is 25.5. The Labute approximate surface area is 247 Å². The maximum absolute atomic E-state index is 14.1. The first-order valence-corrected chi connectivity index (χ1v) is 15.6. The van der Waals surface area contributed by atoms with E-state index < -0.39 is 28.5 Å². The second-order valence-electron chi connectivity index (χ2n) is 9.80. The van der Waals surface area contributed by atoms with Crippen molar-refractivity contribution in [3.8, 4) is 0 Å². The van der Waals surface area contributed by atoms with Gasteiger partial charge in [-0.3, -0.25) is 13.9 Å². The quantitative estimate of drug-likeness (QED) is 0.294. The molecule has 7 nitrogen and oxygen atoms in total. The van der Waals surface area contributed by atoms with Crippen molar-refractivity contribution in [3.63, 3.8) is 0 Å². The summed E-state index contributed by atoms with van der Waals surface area (Å²) in [6.07, 6.45) is 2.03. The van der Waals surface area contributed by atoms with Crippen molar-refractivity contribution in [1.29, 1.82) is 0 Å². The summed E-state index contributed by atoms with van der Waals surface area (Å²) in [5.74, 6) is -0.849. The Bertz CT molecular complexity index is 1450. The number of hydrogen-bond acceptors (Lipinski definition) is 4. The molecule has 10 heteroatoms. The van der Waals surface area contributed by atoms with Crippen molar-refractivity contribution in [2.75, 3.05) is 23.7 Å². The fraction of sp³-hybridized carbons (Fsp3) is 0.333. The van der Waals surface area contributed by atoms with Gasteiger partial charge in [0.2, 0.25) is 21.8 Å². The van der Waals surface area contributed by atoms with Crippen molar-refractivity contribution in [2.45, 2.75) is 46.2 Å². The summed E-state index contributed by atoms with van der Waals surface area (Å²) >= 11 is 12.4. The van der Waals surface area contributed by atoms with Gasteiger partial charge in [-0.05, 0) is 66.8 Å². The first-order chi connectivity index (χ1) is 18.9. The Morgan fingerprint density at radius 3 is 2.20 bits per heavy atom. The topological polar surface area (TPSA) is 86.8 Å². The number of carbonyl (C=O) groups excluding carboxylic acids is 2. The molecule has 0 aliphatic rings. The molecule has 0 unspecified atom stereocenters. The highest BCUT2D eigenvalue weighted by Gasteiger charge is 2.33. The van der Waals surface area contributed by atoms with E-state index in [9.17, 15) is 18.0 Å². The number of amides is 2. The fourth-order valence-corrected chi connectivity index (χ4v) is 5.41. The standard InChI is InChI=1S/C30H35Cl2N3O4S/c1-5-15-33-30(37)28(18-23-9-7-6-8-10-23)34(19-24-12-14-26(31)27(32)17-24)29(36)20-35(40(4,38)39)25-13-11-21(2)22(3)16-25/h6-14,16-17,28H,5,15,18-20H2,1-4H3,(H,33,37)/t28-/m1/s1. The number of halogens is 2. The van der Waals surface area contributed by atoms with Crippen LogP contribution in [0.15, 0.2) is 66.7 Å². The van der Waals surface area contributed by atoms with Crippen molar-refractivity contribution >= 4 is 50.7 Å². The summed E-state index contributed by atoms with van der Waals surface area (Å²) in [7, 11) is -3.83. The van der Waals surface area contributed by atoms with Gasteiger partial charge in [0.15, 0.2) is 0 Å². The normalized spacial score (nSPS) is 12.1. The average Bonchev–Trinajstić information content (AvgIpc) is 2.91. The number of carbonyl (C=O) groups is 2. The van der Waals surface area contributed by atoms with Crippen LogP contribution in [0.4, 0.5) is 5.69 Å². The molecule has 40 heavy (non-hydrogen) atoms. The van der Waals surface area contributed by atoms with Crippen LogP contribution in [0.2, 0.25) is 10.0 Å². The van der Waals surface area contributed by atoms with E-state index in [4.69, 9.17) is 23.2 Å². The minimum absolute atomic E-state index is 0.0251. The molecule has 0 fully saturated rings. The van der Waals surface area contributed by atoms with Crippen molar-refractivity contribution in [3.05, 3.63) is 99.0 Å². The number of hydrogen-bond donors (Lipinski definition) is 1. The van der Waals surface area contributed by atoms with Gasteiger partial charge >= 0.3 is 0 Å². The van der Waals surface area contributed by atoms with Crippen LogP contribution in [0.25, 0.3) is 0 Å². The summed E-state index contributed by atoms with van der Waals surface area (Å²) in [5.41, 5.74) is 3.79. The van der Waals surface area contributed by atoms with Crippen molar-refractivity contribution in [2.24, 2.45) is 0 Å². The lowest BCUT2D eigenvalue weighted by Crippen LogP contribution is -2.53. The molecule has 214 valence electrons. The van der Waals surface area contributed by atoms with Crippen LogP contribution < -0.4 is 9.62 Å². The van der Waals surface area contributed by atoms with Gasteiger partial charge in [0.05, 0.1) is 22.0 Å². The van der Waals surface area contributed by atoms with E-state index in [0.717, 1.165) is 33.7 Å². The second-order valence-corrected chi connectivity index (χ2v) is 12.5. The molecule has 3 aromatic rings. The van der Waals surface area contributed by atoms with Crippen LogP contribution in [0, 0.1) is 13.8 Å². The number of nitrogens with zero attached hydrogens (tertiary/aromatic N) is 2. The molecule has 0 saturated heterocycles. The molecule has 0 aromatic heterocycles. The second kappa shape index (κ2) is 14.0. The number of nitrogens with one attached hydrogen (secondary N) is 1. The highest BCUT2D eigenvalue weighted by atomic mass is 35.5. The highest BCUT2D eigenvalue weighted by molar-refractivity contribution is 7.92. The predicted molar refractivity (Wildman–Crippen MR) is 162 cm³/mol. The summed E-state index contributed by atoms with van der Waals surface area (Å²) in [5, 5.41) is 3.59. The molecule has 2 amide bonds. The number of aryl methyl sites for hydroxylation is 2. The molecule has 0 spiro atoms. The van der Waals surface area contributed by atoms with Gasteiger partial charge in [-0.15, -0.1) is 0 Å². The number of benzene rings is 3. The monoisotopic (exact) mass is 603 g/mol. The molecule has 1 atom stereocenters. The third-order valence-electron chi connectivity index (χ3n) is 6.61. The van der Waals surface area contributed by atoms with Crippen molar-refractivity contribution in [1.82, 2.24) is 10.2 Å². The van der Waals surface area contributed by atoms with Gasteiger partial charge in [-0.25, -0.2) is 8.42 Å². The SMILES string of the molecule is CCCNC(=O)[C@@H](Cc1ccccc1)N(Cc1ccc(Cl)c(Cl)c1)C(=O)CN(c1ccc(C)c(C)c1)S(C)(=O)=O. The maximum Gasteiger partial charge on any atom is 0.244 e. The largest absolute Gasteiger partial charge is 0.354 e. The lowest BCUT2D eigenvalue weighted by molar-refractivity contribution is -0.140. The van der Waals surface area contributed by atoms with E-state index in [0.29, 0.717) is 27.8 Å². The Hall–Kier alpha value is -3.07. The zero-order chi connectivity index (χ0) is 29.4. The van der Waals surface area contributed by atoms with Crippen LogP contribution >= 0.6 is 23.2 Å². The van der Waals surface area contributed by atoms with Crippen molar-refractivity contribution < 1.29 is 18.0 Å². The van der Waals surface area contributed by atoms with E-state index in [1.807, 2.05) is 57.2 Å². The first kappa shape index (κ1) is 31.5. The highest BCUT2D eigenvalue weighted by Crippen LogP contribution is 2.26. The minimum atomic E-state index is -3.83. The van der Waals surface area contributed by atoms with Crippen LogP contribution in [-0.2, 0) is 32.6 Å². The van der Waals surface area contributed by atoms with E-state index in [-0.39, 0.29) is 18.9 Å². The van der Waals surface area contributed by atoms with Gasteiger partial charge in [-0.1, -0.05) is 72.6 Å². The van der Waals surface area contributed by atoms with E-state index in [1.54, 1.807) is 30.3 Å². The molecular formula is C30H35Cl2N3O4S. The molecule has 0 bridgehead atoms. The molecular weight excluding hydrogens is 569 g/mol. The summed E-state index contributed by atoms with van der Waals surface area (Å²) in [6, 6.07) is 18.7. The Kier molecular flexibility index (Phi) is 11.0. The molecule has 0 saturated carbocycles. The third kappa shape index (κ3) is 8.46. The number of rotatable bonds is 12. The molecule has 3 rings (SSSR count). The van der Waals surface area contributed by atoms with Crippen LogP contribution in [0.1, 0.15) is 35.6 Å². The first-order valence-electron chi connectivity index (χ1n) is 13.0. The number of sulfonamides is 1. The smallest absolute Gasteiger partial charge is 0.244 e. The summed E-state index contributed by atoms with van der Waals surface area (Å²) in [4.78, 5) is 29.0. The van der Waals surface area contributed by atoms with Gasteiger partial charge in [0.1, 0.15) is 12.6 Å². The lowest BCUT2D eigenvalue weighted by Gasteiger charge is -2.33. The van der Waals surface area contributed by atoms with E-state index >= 15 is 0 Å². The average molecular weight is 605 g/mol. The van der Waals surface area contributed by atoms with Gasteiger partial charge in [-0.2, -0.15) is 0 Å². The third-order valence-corrected chi connectivity index (χ3v) is 8.49. The summed E-state index contributed by atoms with van der Waals surface area (Å²) < 4.78 is 26.9. The predicted octanol–water partition coefficient (Wildman–Crippen LogP) is 5.54. The molecule has 0 heterocycles. The van der Waals surface area contributed by atoms with Crippen LogP contribution in [0.5, 0.6) is 0 Å². The maximum atomic E-state index is 14.1. The Balaban J connectivity index is 2.07. The zero-order valence-electron chi connectivity index (χ0n) is 23.2. The molecule has 0 aliphatic heterocycles. The minimum Gasteiger partial charge on any atom is -0.354 e. The molecule has 1 N–H and O–H groups in total. The van der Waals surface area contributed by atoms with E-state index in [1.165, 1.54) is 4.90 Å². The fourth-order valence-electron chi connectivity index (χ4n) is 4.25. The van der Waals surface area contributed by atoms with Gasteiger partial charge in [0, 0.05) is 19.5 Å². The summed E-state index contributed by atoms with van der Waals surface area (Å²) in [6.45, 7) is 5.74. The van der Waals surface area contributed by atoms with Gasteiger partial charge in [0.25, 0.3) is 0 Å². The van der Waals surface area contributed by atoms with Crippen LogP contribution in [0.3, 0.4) is 0 Å². The molecule has 3 aromatic carbocycles. The van der Waals surface area contributed by atoms with E-state index in [2.05, 4.69) is 5.32 Å². The van der Waals surface area contributed by atoms with Crippen LogP contribution in [-0.4, -0.2) is 50.5 Å². The number of anilines is 1. The molecule has 0 aliphatic carbocycles. The Morgan fingerprint density at radius 1 is 0.900 bits per heavy atom. The lowest BCUT2D eigenvalue weighted by atomic mass is 10.0. The Morgan fingerprint density at radius 2 is 1.60 bits per heavy atom. The van der Waals surface area contributed by atoms with Gasteiger partial charge < -0.3 is 10.2 Å².